The molecule has 0 fully saturated rings. The van der Waals surface area contributed by atoms with Crippen molar-refractivity contribution in [1.29, 1.82) is 0 Å². The van der Waals surface area contributed by atoms with Gasteiger partial charge >= 0.3 is 0 Å². The van der Waals surface area contributed by atoms with E-state index in [1.807, 2.05) is 36.4 Å². The average molecular weight is 345 g/mol. The topological polar surface area (TPSA) is 32.3 Å². The number of hydrogen-bond donors (Lipinski definition) is 2. The van der Waals surface area contributed by atoms with Crippen molar-refractivity contribution in [2.75, 3.05) is 0 Å². The maximum atomic E-state index is 10.9. The lowest BCUT2D eigenvalue weighted by Gasteiger charge is -2.30. The fourth-order valence-electron chi connectivity index (χ4n) is 3.34. The molecule has 2 nitrogen and oxygen atoms in total. The number of benzene rings is 3. The van der Waals surface area contributed by atoms with E-state index in [-0.39, 0.29) is 12.0 Å². The van der Waals surface area contributed by atoms with Gasteiger partial charge in [-0.2, -0.15) is 0 Å². The van der Waals surface area contributed by atoms with Gasteiger partial charge < -0.3 is 10.4 Å². The number of aliphatic hydroxyl groups excluding tert-OH is 1. The van der Waals surface area contributed by atoms with Crippen molar-refractivity contribution in [2.24, 2.45) is 5.92 Å². The molecular weight excluding hydrogens is 318 g/mol. The van der Waals surface area contributed by atoms with Crippen LogP contribution in [0.3, 0.4) is 0 Å². The first kappa shape index (κ1) is 18.4. The Balaban J connectivity index is 1.80. The SMILES string of the molecule is Cc1ccc(CN[C@@H](c2ccccc2)[C@H](C)[C@H](O)c2ccccc2)cc1. The molecule has 3 rings (SSSR count). The third kappa shape index (κ3) is 4.60. The summed E-state index contributed by atoms with van der Waals surface area (Å²) in [4.78, 5) is 0. The van der Waals surface area contributed by atoms with Crippen molar-refractivity contribution >= 4 is 0 Å². The minimum atomic E-state index is -0.521. The molecule has 0 heterocycles. The summed E-state index contributed by atoms with van der Waals surface area (Å²) in [5.74, 6) is 0.0326. The molecule has 3 aromatic carbocycles. The molecule has 2 N–H and O–H groups in total. The number of hydrogen-bond acceptors (Lipinski definition) is 2. The fraction of sp³-hybridized carbons (Fsp3) is 0.250. The van der Waals surface area contributed by atoms with E-state index in [1.54, 1.807) is 0 Å². The van der Waals surface area contributed by atoms with Crippen molar-refractivity contribution in [1.82, 2.24) is 5.32 Å². The summed E-state index contributed by atoms with van der Waals surface area (Å²) in [5.41, 5.74) is 4.67. The Kier molecular flexibility index (Phi) is 6.21. The Morgan fingerprint density at radius 3 is 1.88 bits per heavy atom. The van der Waals surface area contributed by atoms with Crippen molar-refractivity contribution in [3.8, 4) is 0 Å². The van der Waals surface area contributed by atoms with Gasteiger partial charge in [0.05, 0.1) is 6.10 Å². The minimum absolute atomic E-state index is 0.0326. The molecule has 3 atom stereocenters. The van der Waals surface area contributed by atoms with E-state index >= 15 is 0 Å². The molecule has 134 valence electrons. The van der Waals surface area contributed by atoms with E-state index in [2.05, 4.69) is 67.7 Å². The molecule has 0 spiro atoms. The van der Waals surface area contributed by atoms with E-state index in [1.165, 1.54) is 16.7 Å². The Morgan fingerprint density at radius 1 is 0.769 bits per heavy atom. The van der Waals surface area contributed by atoms with Crippen molar-refractivity contribution in [3.05, 3.63) is 107 Å². The minimum Gasteiger partial charge on any atom is -0.388 e. The van der Waals surface area contributed by atoms with Crippen molar-refractivity contribution in [3.63, 3.8) is 0 Å². The first-order valence-corrected chi connectivity index (χ1v) is 9.22. The molecule has 0 saturated heterocycles. The van der Waals surface area contributed by atoms with Crippen LogP contribution in [0.2, 0.25) is 0 Å². The smallest absolute Gasteiger partial charge is 0.0833 e. The summed E-state index contributed by atoms with van der Waals surface area (Å²) in [6, 6.07) is 28.9. The van der Waals surface area contributed by atoms with Gasteiger partial charge in [0.2, 0.25) is 0 Å². The summed E-state index contributed by atoms with van der Waals surface area (Å²) in [7, 11) is 0. The molecule has 0 aliphatic rings. The summed E-state index contributed by atoms with van der Waals surface area (Å²) in [5, 5.41) is 14.6. The van der Waals surface area contributed by atoms with Crippen LogP contribution in [-0.4, -0.2) is 5.11 Å². The largest absolute Gasteiger partial charge is 0.388 e. The number of aliphatic hydroxyl groups is 1. The van der Waals surface area contributed by atoms with Gasteiger partial charge in [-0.3, -0.25) is 0 Å². The van der Waals surface area contributed by atoms with E-state index < -0.39 is 6.10 Å². The van der Waals surface area contributed by atoms with Crippen LogP contribution < -0.4 is 5.32 Å². The standard InChI is InChI=1S/C24H27NO/c1-18-13-15-20(16-14-18)17-25-23(21-9-5-3-6-10-21)19(2)24(26)22-11-7-4-8-12-22/h3-16,19,23-26H,17H2,1-2H3/t19-,23+,24-/m0/s1. The van der Waals surface area contributed by atoms with Gasteiger partial charge in [0.1, 0.15) is 0 Å². The van der Waals surface area contributed by atoms with Crippen LogP contribution >= 0.6 is 0 Å². The van der Waals surface area contributed by atoms with Gasteiger partial charge in [-0.25, -0.2) is 0 Å². The third-order valence-electron chi connectivity index (χ3n) is 4.97. The molecule has 0 aliphatic carbocycles. The number of rotatable bonds is 7. The summed E-state index contributed by atoms with van der Waals surface area (Å²) in [6.45, 7) is 4.98. The molecule has 26 heavy (non-hydrogen) atoms. The quantitative estimate of drug-likeness (QED) is 0.617. The lowest BCUT2D eigenvalue weighted by atomic mass is 9.86. The van der Waals surface area contributed by atoms with Crippen molar-refractivity contribution < 1.29 is 5.11 Å². The molecular formula is C24H27NO. The highest BCUT2D eigenvalue weighted by Crippen LogP contribution is 2.32. The van der Waals surface area contributed by atoms with E-state index in [0.29, 0.717) is 0 Å². The predicted molar refractivity (Wildman–Crippen MR) is 108 cm³/mol. The molecule has 0 unspecified atom stereocenters. The maximum Gasteiger partial charge on any atom is 0.0833 e. The highest BCUT2D eigenvalue weighted by molar-refractivity contribution is 5.25. The maximum absolute atomic E-state index is 10.9. The first-order valence-electron chi connectivity index (χ1n) is 9.22. The van der Waals surface area contributed by atoms with Crippen LogP contribution in [0.25, 0.3) is 0 Å². The summed E-state index contributed by atoms with van der Waals surface area (Å²) < 4.78 is 0. The predicted octanol–water partition coefficient (Wildman–Crippen LogP) is 5.20. The van der Waals surface area contributed by atoms with E-state index in [9.17, 15) is 5.11 Å². The average Bonchev–Trinajstić information content (AvgIpc) is 2.70. The van der Waals surface area contributed by atoms with Crippen LogP contribution in [0.5, 0.6) is 0 Å². The molecule has 0 aliphatic heterocycles. The second-order valence-electron chi connectivity index (χ2n) is 6.97. The zero-order chi connectivity index (χ0) is 18.4. The summed E-state index contributed by atoms with van der Waals surface area (Å²) >= 11 is 0. The van der Waals surface area contributed by atoms with Gasteiger partial charge in [-0.05, 0) is 23.6 Å². The second-order valence-corrected chi connectivity index (χ2v) is 6.97. The Bertz CT molecular complexity index is 783. The molecule has 0 aromatic heterocycles. The number of nitrogens with one attached hydrogen (secondary N) is 1. The Labute approximate surface area is 156 Å². The normalized spacial score (nSPS) is 14.6. The molecule has 0 amide bonds. The lowest BCUT2D eigenvalue weighted by molar-refractivity contribution is 0.0931. The molecule has 0 saturated carbocycles. The molecule has 0 bridgehead atoms. The van der Waals surface area contributed by atoms with Crippen molar-refractivity contribution in [2.45, 2.75) is 32.5 Å². The van der Waals surface area contributed by atoms with Crippen LogP contribution in [0.1, 0.15) is 41.3 Å². The first-order chi connectivity index (χ1) is 12.6. The second kappa shape index (κ2) is 8.79. The van der Waals surface area contributed by atoms with Crippen LogP contribution in [0, 0.1) is 12.8 Å². The van der Waals surface area contributed by atoms with Gasteiger partial charge in [-0.1, -0.05) is 97.4 Å². The molecule has 2 heteroatoms. The van der Waals surface area contributed by atoms with Gasteiger partial charge in [0.15, 0.2) is 0 Å². The lowest BCUT2D eigenvalue weighted by Crippen LogP contribution is -2.30. The van der Waals surface area contributed by atoms with Gasteiger partial charge in [-0.15, -0.1) is 0 Å². The fourth-order valence-corrected chi connectivity index (χ4v) is 3.34. The zero-order valence-electron chi connectivity index (χ0n) is 15.5. The highest BCUT2D eigenvalue weighted by atomic mass is 16.3. The summed E-state index contributed by atoms with van der Waals surface area (Å²) in [6.07, 6.45) is -0.521. The highest BCUT2D eigenvalue weighted by Gasteiger charge is 2.26. The Hall–Kier alpha value is -2.42. The number of aryl methyl sites for hydroxylation is 1. The third-order valence-corrected chi connectivity index (χ3v) is 4.97. The zero-order valence-corrected chi connectivity index (χ0v) is 15.5. The van der Waals surface area contributed by atoms with Crippen LogP contribution in [-0.2, 0) is 6.54 Å². The van der Waals surface area contributed by atoms with Crippen LogP contribution in [0.4, 0.5) is 0 Å². The monoisotopic (exact) mass is 345 g/mol. The van der Waals surface area contributed by atoms with Crippen LogP contribution in [0.15, 0.2) is 84.9 Å². The molecule has 0 radical (unpaired) electrons. The van der Waals surface area contributed by atoms with E-state index in [4.69, 9.17) is 0 Å². The van der Waals surface area contributed by atoms with Gasteiger partial charge in [0, 0.05) is 18.5 Å². The van der Waals surface area contributed by atoms with E-state index in [0.717, 1.165) is 12.1 Å². The van der Waals surface area contributed by atoms with Gasteiger partial charge in [0.25, 0.3) is 0 Å². The Morgan fingerprint density at radius 2 is 1.31 bits per heavy atom. The molecule has 3 aromatic rings.